The van der Waals surface area contributed by atoms with Crippen LogP contribution in [0.1, 0.15) is 10.4 Å². The molecule has 1 aromatic heterocycles. The summed E-state index contributed by atoms with van der Waals surface area (Å²) in [4.78, 5) is 19.6. The molecule has 8 heteroatoms. The molecule has 0 aliphatic heterocycles. The number of nitrogens with zero attached hydrogens (tertiary/aromatic N) is 2. The summed E-state index contributed by atoms with van der Waals surface area (Å²) in [6, 6.07) is 14.6. The second-order valence-corrected chi connectivity index (χ2v) is 5.19. The molecule has 0 aliphatic carbocycles. The summed E-state index contributed by atoms with van der Waals surface area (Å²) in [5, 5.41) is 9.30. The monoisotopic (exact) mass is 368 g/mol. The molecule has 0 amide bonds. The van der Waals surface area contributed by atoms with Gasteiger partial charge in [-0.2, -0.15) is 9.97 Å². The number of aromatic nitrogens is 2. The van der Waals surface area contributed by atoms with Gasteiger partial charge in [0.25, 0.3) is 0 Å². The topological polar surface area (TPSA) is 100 Å². The van der Waals surface area contributed by atoms with E-state index in [-0.39, 0.29) is 29.1 Å². The molecule has 0 fully saturated rings. The van der Waals surface area contributed by atoms with E-state index in [1.807, 2.05) is 0 Å². The third-order valence-corrected chi connectivity index (χ3v) is 3.46. The van der Waals surface area contributed by atoms with E-state index in [0.717, 1.165) is 0 Å². The molecule has 0 atom stereocenters. The van der Waals surface area contributed by atoms with Gasteiger partial charge in [0.1, 0.15) is 11.3 Å². The lowest BCUT2D eigenvalue weighted by Gasteiger charge is -2.13. The number of hydrogen-bond acceptors (Lipinski definition) is 7. The average molecular weight is 368 g/mol. The van der Waals surface area contributed by atoms with Gasteiger partial charge < -0.3 is 24.1 Å². The molecule has 0 aliphatic rings. The van der Waals surface area contributed by atoms with Crippen LogP contribution in [0.5, 0.6) is 35.0 Å². The Morgan fingerprint density at radius 3 is 1.89 bits per heavy atom. The lowest BCUT2D eigenvalue weighted by atomic mass is 10.2. The van der Waals surface area contributed by atoms with Gasteiger partial charge in [0.05, 0.1) is 20.3 Å². The van der Waals surface area contributed by atoms with Gasteiger partial charge in [-0.3, -0.25) is 0 Å². The lowest BCUT2D eigenvalue weighted by molar-refractivity contribution is 0.0694. The van der Waals surface area contributed by atoms with E-state index in [0.29, 0.717) is 11.5 Å². The van der Waals surface area contributed by atoms with E-state index in [1.165, 1.54) is 26.4 Å². The highest BCUT2D eigenvalue weighted by Crippen LogP contribution is 2.35. The number of hydrogen-bond donors (Lipinski definition) is 1. The molecule has 0 spiro atoms. The van der Waals surface area contributed by atoms with Crippen molar-refractivity contribution in [3.8, 4) is 35.0 Å². The standard InChI is InChI=1S/C19H16N2O6/c1-24-16-11-17(25-2)21-19(20-16)27-15-10-6-5-9-14(15)26-13-8-4-3-7-12(13)18(22)23/h3-11H,1-2H3,(H,22,23). The number of carbonyl (C=O) groups is 1. The normalized spacial score (nSPS) is 10.1. The number of benzene rings is 2. The molecular formula is C19H16N2O6. The highest BCUT2D eigenvalue weighted by Gasteiger charge is 2.15. The van der Waals surface area contributed by atoms with Gasteiger partial charge in [-0.05, 0) is 24.3 Å². The Hall–Kier alpha value is -3.81. The van der Waals surface area contributed by atoms with Crippen molar-refractivity contribution >= 4 is 5.97 Å². The molecule has 3 aromatic rings. The molecule has 138 valence electrons. The van der Waals surface area contributed by atoms with Crippen LogP contribution in [-0.4, -0.2) is 35.3 Å². The fourth-order valence-corrected chi connectivity index (χ4v) is 2.21. The molecule has 0 bridgehead atoms. The van der Waals surface area contributed by atoms with Crippen LogP contribution in [0.4, 0.5) is 0 Å². The smallest absolute Gasteiger partial charge is 0.339 e. The van der Waals surface area contributed by atoms with E-state index in [2.05, 4.69) is 9.97 Å². The van der Waals surface area contributed by atoms with Crippen LogP contribution in [0.15, 0.2) is 54.6 Å². The number of rotatable bonds is 7. The lowest BCUT2D eigenvalue weighted by Crippen LogP contribution is -2.01. The maximum Gasteiger partial charge on any atom is 0.339 e. The van der Waals surface area contributed by atoms with Crippen LogP contribution >= 0.6 is 0 Å². The number of methoxy groups -OCH3 is 2. The van der Waals surface area contributed by atoms with Crippen molar-refractivity contribution in [3.05, 3.63) is 60.2 Å². The van der Waals surface area contributed by atoms with E-state index >= 15 is 0 Å². The third-order valence-electron chi connectivity index (χ3n) is 3.46. The van der Waals surface area contributed by atoms with Crippen molar-refractivity contribution in [2.75, 3.05) is 14.2 Å². The Kier molecular flexibility index (Phi) is 5.36. The third kappa shape index (κ3) is 4.24. The van der Waals surface area contributed by atoms with Gasteiger partial charge in [0.2, 0.25) is 11.8 Å². The first kappa shape index (κ1) is 18.0. The van der Waals surface area contributed by atoms with Gasteiger partial charge in [0, 0.05) is 0 Å². The van der Waals surface area contributed by atoms with E-state index < -0.39 is 5.97 Å². The molecule has 3 rings (SSSR count). The largest absolute Gasteiger partial charge is 0.481 e. The second-order valence-electron chi connectivity index (χ2n) is 5.19. The molecule has 1 heterocycles. The van der Waals surface area contributed by atoms with Crippen LogP contribution in [0, 0.1) is 0 Å². The zero-order chi connectivity index (χ0) is 19.2. The van der Waals surface area contributed by atoms with Crippen molar-refractivity contribution in [1.82, 2.24) is 9.97 Å². The van der Waals surface area contributed by atoms with Crippen molar-refractivity contribution in [1.29, 1.82) is 0 Å². The molecule has 0 saturated carbocycles. The predicted octanol–water partition coefficient (Wildman–Crippen LogP) is 3.78. The van der Waals surface area contributed by atoms with Gasteiger partial charge in [-0.25, -0.2) is 4.79 Å². The number of aromatic carboxylic acids is 1. The second kappa shape index (κ2) is 8.05. The van der Waals surface area contributed by atoms with E-state index in [1.54, 1.807) is 42.5 Å². The predicted molar refractivity (Wildman–Crippen MR) is 95.1 cm³/mol. The van der Waals surface area contributed by atoms with Crippen LogP contribution in [0.25, 0.3) is 0 Å². The minimum atomic E-state index is -1.09. The minimum absolute atomic E-state index is 0.00577. The van der Waals surface area contributed by atoms with Gasteiger partial charge in [-0.1, -0.05) is 24.3 Å². The molecule has 1 N–H and O–H groups in total. The highest BCUT2D eigenvalue weighted by atomic mass is 16.5. The summed E-state index contributed by atoms with van der Waals surface area (Å²) in [5.41, 5.74) is 0.0339. The maximum absolute atomic E-state index is 11.4. The van der Waals surface area contributed by atoms with Crippen molar-refractivity contribution in [3.63, 3.8) is 0 Å². The summed E-state index contributed by atoms with van der Waals surface area (Å²) in [6.07, 6.45) is 0. The molecule has 8 nitrogen and oxygen atoms in total. The van der Waals surface area contributed by atoms with Crippen LogP contribution < -0.4 is 18.9 Å². The Labute approximate surface area is 154 Å². The van der Waals surface area contributed by atoms with Gasteiger partial charge in [-0.15, -0.1) is 0 Å². The maximum atomic E-state index is 11.4. The number of carboxylic acid groups (broad SMARTS) is 1. The Balaban J connectivity index is 1.93. The van der Waals surface area contributed by atoms with Crippen molar-refractivity contribution < 1.29 is 28.8 Å². The molecule has 0 unspecified atom stereocenters. The van der Waals surface area contributed by atoms with Crippen LogP contribution in [-0.2, 0) is 0 Å². The fraction of sp³-hybridized carbons (Fsp3) is 0.105. The molecular weight excluding hydrogens is 352 g/mol. The van der Waals surface area contributed by atoms with Crippen LogP contribution in [0.2, 0.25) is 0 Å². The van der Waals surface area contributed by atoms with Gasteiger partial charge >= 0.3 is 12.0 Å². The van der Waals surface area contributed by atoms with Crippen LogP contribution in [0.3, 0.4) is 0 Å². The van der Waals surface area contributed by atoms with Crippen molar-refractivity contribution in [2.24, 2.45) is 0 Å². The highest BCUT2D eigenvalue weighted by molar-refractivity contribution is 5.90. The molecule has 27 heavy (non-hydrogen) atoms. The zero-order valence-electron chi connectivity index (χ0n) is 14.6. The summed E-state index contributed by atoms with van der Waals surface area (Å²) in [7, 11) is 2.93. The summed E-state index contributed by atoms with van der Waals surface area (Å²) in [5.74, 6) is 0.234. The van der Waals surface area contributed by atoms with Crippen molar-refractivity contribution in [2.45, 2.75) is 0 Å². The van der Waals surface area contributed by atoms with E-state index in [9.17, 15) is 9.90 Å². The molecule has 0 saturated heterocycles. The zero-order valence-corrected chi connectivity index (χ0v) is 14.6. The number of para-hydroxylation sites is 3. The SMILES string of the molecule is COc1cc(OC)nc(Oc2ccccc2Oc2ccccc2C(=O)O)n1. The Morgan fingerprint density at radius 1 is 0.815 bits per heavy atom. The fourth-order valence-electron chi connectivity index (χ4n) is 2.21. The Bertz CT molecular complexity index is 938. The summed E-state index contributed by atoms with van der Waals surface area (Å²) < 4.78 is 21.7. The number of carboxylic acids is 1. The number of ether oxygens (including phenoxy) is 4. The first-order valence-electron chi connectivity index (χ1n) is 7.85. The summed E-state index contributed by atoms with van der Waals surface area (Å²) >= 11 is 0. The minimum Gasteiger partial charge on any atom is -0.481 e. The quantitative estimate of drug-likeness (QED) is 0.672. The Morgan fingerprint density at radius 2 is 1.33 bits per heavy atom. The first-order chi connectivity index (χ1) is 13.1. The molecule has 2 aromatic carbocycles. The molecule has 0 radical (unpaired) electrons. The van der Waals surface area contributed by atoms with E-state index in [4.69, 9.17) is 18.9 Å². The van der Waals surface area contributed by atoms with Gasteiger partial charge in [0.15, 0.2) is 11.5 Å². The average Bonchev–Trinajstić information content (AvgIpc) is 2.69. The summed E-state index contributed by atoms with van der Waals surface area (Å²) in [6.45, 7) is 0. The first-order valence-corrected chi connectivity index (χ1v) is 7.85.